The van der Waals surface area contributed by atoms with Crippen LogP contribution in [0.3, 0.4) is 0 Å². The molecule has 0 fully saturated rings. The molecule has 0 aliphatic rings. The van der Waals surface area contributed by atoms with Crippen LogP contribution >= 0.6 is 27.7 Å². The molecule has 36 heavy (non-hydrogen) atoms. The number of thioether (sulfide) groups is 1. The fourth-order valence-corrected chi connectivity index (χ4v) is 4.49. The molecule has 0 atom stereocenters. The van der Waals surface area contributed by atoms with Crippen LogP contribution in [0.1, 0.15) is 12.5 Å². The van der Waals surface area contributed by atoms with Crippen molar-refractivity contribution in [2.24, 2.45) is 5.10 Å². The number of hydrogen-bond acceptors (Lipinski definition) is 7. The van der Waals surface area contributed by atoms with Gasteiger partial charge in [-0.3, -0.25) is 9.36 Å². The Morgan fingerprint density at radius 2 is 1.89 bits per heavy atom. The zero-order valence-corrected chi connectivity index (χ0v) is 22.1. The molecule has 0 aliphatic heterocycles. The summed E-state index contributed by atoms with van der Waals surface area (Å²) in [6.07, 6.45) is 1.54. The Bertz CT molecular complexity index is 1340. The number of rotatable bonds is 10. The van der Waals surface area contributed by atoms with Gasteiger partial charge >= 0.3 is 0 Å². The SMILES string of the molecule is CCOc1ccc(-n2c(SCC(=O)NN=Cc3cc(Br)ccc3OC)nnc2-c2ccccc2)cc1. The van der Waals surface area contributed by atoms with Crippen molar-refractivity contribution in [1.82, 2.24) is 20.2 Å². The first-order valence-electron chi connectivity index (χ1n) is 11.1. The smallest absolute Gasteiger partial charge is 0.250 e. The Balaban J connectivity index is 1.50. The lowest BCUT2D eigenvalue weighted by atomic mass is 10.2. The van der Waals surface area contributed by atoms with Crippen molar-refractivity contribution in [3.63, 3.8) is 0 Å². The highest BCUT2D eigenvalue weighted by Gasteiger charge is 2.17. The molecule has 4 aromatic rings. The van der Waals surface area contributed by atoms with Gasteiger partial charge in [-0.05, 0) is 49.4 Å². The lowest BCUT2D eigenvalue weighted by Gasteiger charge is -2.11. The summed E-state index contributed by atoms with van der Waals surface area (Å²) in [6, 6.07) is 23.0. The number of hydrogen-bond donors (Lipinski definition) is 1. The third-order valence-corrected chi connectivity index (χ3v) is 6.41. The van der Waals surface area contributed by atoms with Crippen LogP contribution in [-0.4, -0.2) is 46.4 Å². The largest absolute Gasteiger partial charge is 0.496 e. The molecule has 0 aliphatic carbocycles. The molecule has 0 unspecified atom stereocenters. The number of nitrogens with zero attached hydrogens (tertiary/aromatic N) is 4. The van der Waals surface area contributed by atoms with Crippen molar-refractivity contribution < 1.29 is 14.3 Å². The van der Waals surface area contributed by atoms with E-state index in [2.05, 4.69) is 36.7 Å². The van der Waals surface area contributed by atoms with Crippen molar-refractivity contribution in [3.05, 3.63) is 82.8 Å². The van der Waals surface area contributed by atoms with E-state index in [-0.39, 0.29) is 11.7 Å². The highest BCUT2D eigenvalue weighted by Crippen LogP contribution is 2.29. The predicted octanol–water partition coefficient (Wildman–Crippen LogP) is 5.35. The summed E-state index contributed by atoms with van der Waals surface area (Å²) in [6.45, 7) is 2.54. The van der Waals surface area contributed by atoms with E-state index in [1.54, 1.807) is 13.3 Å². The second kappa shape index (κ2) is 12.4. The van der Waals surface area contributed by atoms with Gasteiger partial charge in [0.2, 0.25) is 0 Å². The number of aromatic nitrogens is 3. The van der Waals surface area contributed by atoms with Crippen LogP contribution < -0.4 is 14.9 Å². The van der Waals surface area contributed by atoms with Gasteiger partial charge < -0.3 is 9.47 Å². The van der Waals surface area contributed by atoms with Crippen LogP contribution in [0.25, 0.3) is 17.1 Å². The highest BCUT2D eigenvalue weighted by atomic mass is 79.9. The minimum Gasteiger partial charge on any atom is -0.496 e. The molecular formula is C26H24BrN5O3S. The molecule has 1 heterocycles. The van der Waals surface area contributed by atoms with E-state index in [0.717, 1.165) is 27.0 Å². The average molecular weight is 566 g/mol. The normalized spacial score (nSPS) is 11.0. The van der Waals surface area contributed by atoms with Crippen LogP contribution in [0.5, 0.6) is 11.5 Å². The van der Waals surface area contributed by atoms with Crippen LogP contribution in [0.2, 0.25) is 0 Å². The molecule has 3 aromatic carbocycles. The first-order valence-corrected chi connectivity index (χ1v) is 12.9. The Labute approximate surface area is 221 Å². The maximum absolute atomic E-state index is 12.5. The lowest BCUT2D eigenvalue weighted by molar-refractivity contribution is -0.118. The number of amides is 1. The van der Waals surface area contributed by atoms with Crippen LogP contribution in [-0.2, 0) is 4.79 Å². The summed E-state index contributed by atoms with van der Waals surface area (Å²) in [5, 5.41) is 13.4. The van der Waals surface area contributed by atoms with E-state index in [1.807, 2.05) is 84.3 Å². The summed E-state index contributed by atoms with van der Waals surface area (Å²) in [5.41, 5.74) is 5.08. The predicted molar refractivity (Wildman–Crippen MR) is 145 cm³/mol. The van der Waals surface area contributed by atoms with Gasteiger partial charge in [0.25, 0.3) is 5.91 Å². The van der Waals surface area contributed by atoms with Gasteiger partial charge in [-0.1, -0.05) is 58.0 Å². The molecule has 1 amide bonds. The third-order valence-electron chi connectivity index (χ3n) is 4.99. The Hall–Kier alpha value is -3.63. The number of carbonyl (C=O) groups is 1. The van der Waals surface area contributed by atoms with E-state index in [4.69, 9.17) is 9.47 Å². The van der Waals surface area contributed by atoms with Crippen molar-refractivity contribution >= 4 is 39.8 Å². The molecule has 0 bridgehead atoms. The molecule has 1 aromatic heterocycles. The molecule has 0 saturated carbocycles. The number of benzene rings is 3. The summed E-state index contributed by atoms with van der Waals surface area (Å²) in [5.74, 6) is 1.96. The number of methoxy groups -OCH3 is 1. The fraction of sp³-hybridized carbons (Fsp3) is 0.154. The van der Waals surface area contributed by atoms with Crippen LogP contribution in [0.4, 0.5) is 0 Å². The summed E-state index contributed by atoms with van der Waals surface area (Å²) < 4.78 is 13.7. The minimum atomic E-state index is -0.271. The Morgan fingerprint density at radius 1 is 1.11 bits per heavy atom. The fourth-order valence-electron chi connectivity index (χ4n) is 3.37. The quantitative estimate of drug-likeness (QED) is 0.158. The Morgan fingerprint density at radius 3 is 2.61 bits per heavy atom. The molecule has 184 valence electrons. The maximum atomic E-state index is 12.5. The van der Waals surface area contributed by atoms with E-state index in [1.165, 1.54) is 11.8 Å². The molecule has 0 saturated heterocycles. The molecule has 10 heteroatoms. The van der Waals surface area contributed by atoms with Gasteiger partial charge in [-0.2, -0.15) is 5.10 Å². The van der Waals surface area contributed by atoms with E-state index in [9.17, 15) is 4.79 Å². The first kappa shape index (κ1) is 25.5. The Kier molecular flexibility index (Phi) is 8.75. The van der Waals surface area contributed by atoms with E-state index < -0.39 is 0 Å². The lowest BCUT2D eigenvalue weighted by Crippen LogP contribution is -2.20. The van der Waals surface area contributed by atoms with Crippen molar-refractivity contribution in [1.29, 1.82) is 0 Å². The molecule has 4 rings (SSSR count). The van der Waals surface area contributed by atoms with Crippen molar-refractivity contribution in [2.45, 2.75) is 12.1 Å². The highest BCUT2D eigenvalue weighted by molar-refractivity contribution is 9.10. The van der Waals surface area contributed by atoms with Crippen molar-refractivity contribution in [2.75, 3.05) is 19.5 Å². The third kappa shape index (κ3) is 6.32. The van der Waals surface area contributed by atoms with Gasteiger partial charge in [0.15, 0.2) is 11.0 Å². The first-order chi connectivity index (χ1) is 17.6. The van der Waals surface area contributed by atoms with Crippen LogP contribution in [0.15, 0.2) is 87.5 Å². The molecule has 0 radical (unpaired) electrons. The monoisotopic (exact) mass is 565 g/mol. The molecule has 0 spiro atoms. The van der Waals surface area contributed by atoms with Gasteiger partial charge in [-0.15, -0.1) is 10.2 Å². The second-order valence-electron chi connectivity index (χ2n) is 7.40. The zero-order chi connectivity index (χ0) is 25.3. The standard InChI is InChI=1S/C26H24BrN5O3S/c1-3-35-22-12-10-21(11-13-22)32-25(18-7-5-4-6-8-18)30-31-26(32)36-17-24(33)29-28-16-19-15-20(27)9-14-23(19)34-2/h4-16H,3,17H2,1-2H3,(H,29,33). The number of carbonyl (C=O) groups excluding carboxylic acids is 1. The number of ether oxygens (including phenoxy) is 2. The van der Waals surface area contributed by atoms with Gasteiger partial charge in [0.05, 0.1) is 25.7 Å². The number of halogens is 1. The van der Waals surface area contributed by atoms with Gasteiger partial charge in [0.1, 0.15) is 11.5 Å². The number of nitrogens with one attached hydrogen (secondary N) is 1. The van der Waals surface area contributed by atoms with Crippen molar-refractivity contribution in [3.8, 4) is 28.6 Å². The van der Waals surface area contributed by atoms with Crippen LogP contribution in [0, 0.1) is 0 Å². The second-order valence-corrected chi connectivity index (χ2v) is 9.26. The average Bonchev–Trinajstić information content (AvgIpc) is 3.33. The van der Waals surface area contributed by atoms with E-state index in [0.29, 0.717) is 23.3 Å². The molecular weight excluding hydrogens is 542 g/mol. The topological polar surface area (TPSA) is 90.6 Å². The summed E-state index contributed by atoms with van der Waals surface area (Å²) in [7, 11) is 1.58. The maximum Gasteiger partial charge on any atom is 0.250 e. The van der Waals surface area contributed by atoms with Gasteiger partial charge in [0, 0.05) is 21.3 Å². The summed E-state index contributed by atoms with van der Waals surface area (Å²) >= 11 is 4.70. The number of hydrazone groups is 1. The van der Waals surface area contributed by atoms with Gasteiger partial charge in [-0.25, -0.2) is 5.43 Å². The minimum absolute atomic E-state index is 0.108. The molecule has 8 nitrogen and oxygen atoms in total. The zero-order valence-electron chi connectivity index (χ0n) is 19.7. The molecule has 1 N–H and O–H groups in total. The summed E-state index contributed by atoms with van der Waals surface area (Å²) in [4.78, 5) is 12.5. The van der Waals surface area contributed by atoms with E-state index >= 15 is 0 Å².